The van der Waals surface area contributed by atoms with Crippen LogP contribution in [0.1, 0.15) is 0 Å². The molecule has 0 unspecified atom stereocenters. The number of amides is 1. The van der Waals surface area contributed by atoms with Crippen LogP contribution >= 0.6 is 0 Å². The van der Waals surface area contributed by atoms with Crippen molar-refractivity contribution in [2.75, 3.05) is 75.9 Å². The van der Waals surface area contributed by atoms with Gasteiger partial charge >= 0.3 is 0 Å². The van der Waals surface area contributed by atoms with Crippen LogP contribution in [0, 0.1) is 0 Å². The van der Waals surface area contributed by atoms with Crippen LogP contribution in [0.4, 0.5) is 11.6 Å². The molecule has 0 aliphatic carbocycles. The van der Waals surface area contributed by atoms with Gasteiger partial charge in [-0.05, 0) is 0 Å². The summed E-state index contributed by atoms with van der Waals surface area (Å²) in [6, 6.07) is 2.06. The zero-order chi connectivity index (χ0) is 16.1. The Labute approximate surface area is 136 Å². The molecule has 2 aliphatic heterocycles. The van der Waals surface area contributed by atoms with Gasteiger partial charge in [-0.25, -0.2) is 9.97 Å². The summed E-state index contributed by atoms with van der Waals surface area (Å²) in [5.41, 5.74) is 0. The molecule has 2 saturated heterocycles. The first kappa shape index (κ1) is 15.9. The monoisotopic (exact) mass is 320 g/mol. The van der Waals surface area contributed by atoms with Crippen molar-refractivity contribution in [3.63, 3.8) is 0 Å². The number of ether oxygens (including phenoxy) is 1. The van der Waals surface area contributed by atoms with Gasteiger partial charge in [0.25, 0.3) is 0 Å². The van der Waals surface area contributed by atoms with Gasteiger partial charge in [0.15, 0.2) is 0 Å². The molecule has 8 heteroatoms. The fraction of sp³-hybridized carbons (Fsp3) is 0.667. The number of likely N-dealkylation sites (N-methyl/N-ethyl adjacent to an activating group) is 1. The van der Waals surface area contributed by atoms with E-state index in [2.05, 4.69) is 36.1 Å². The van der Waals surface area contributed by atoms with E-state index < -0.39 is 0 Å². The Hall–Kier alpha value is -1.93. The average Bonchev–Trinajstić information content (AvgIpc) is 2.63. The summed E-state index contributed by atoms with van der Waals surface area (Å²) in [4.78, 5) is 26.9. The predicted molar refractivity (Wildman–Crippen MR) is 87.8 cm³/mol. The molecule has 2 aliphatic rings. The van der Waals surface area contributed by atoms with Crippen molar-refractivity contribution in [2.45, 2.75) is 0 Å². The van der Waals surface area contributed by atoms with Crippen LogP contribution in [0.25, 0.3) is 0 Å². The number of hydrogen-bond acceptors (Lipinski definition) is 7. The number of piperazine rings is 1. The van der Waals surface area contributed by atoms with Crippen molar-refractivity contribution < 1.29 is 9.53 Å². The molecule has 0 saturated carbocycles. The smallest absolute Gasteiger partial charge is 0.233 e. The second-order valence-corrected chi connectivity index (χ2v) is 5.77. The van der Waals surface area contributed by atoms with E-state index in [4.69, 9.17) is 4.74 Å². The maximum atomic E-state index is 11.4. The van der Waals surface area contributed by atoms with E-state index in [0.29, 0.717) is 6.54 Å². The molecule has 1 N–H and O–H groups in total. The fourth-order valence-corrected chi connectivity index (χ4v) is 2.89. The number of aromatic nitrogens is 2. The molecule has 0 atom stereocenters. The quantitative estimate of drug-likeness (QED) is 0.777. The van der Waals surface area contributed by atoms with Gasteiger partial charge in [0.2, 0.25) is 5.91 Å². The van der Waals surface area contributed by atoms with Crippen LogP contribution in [0.15, 0.2) is 12.4 Å². The minimum atomic E-state index is 0.0649. The lowest BCUT2D eigenvalue weighted by atomic mass is 10.3. The molecule has 23 heavy (non-hydrogen) atoms. The summed E-state index contributed by atoms with van der Waals surface area (Å²) in [7, 11) is 1.67. The Kier molecular flexibility index (Phi) is 5.24. The van der Waals surface area contributed by atoms with Crippen LogP contribution < -0.4 is 15.1 Å². The highest BCUT2D eigenvalue weighted by Gasteiger charge is 2.21. The molecule has 1 aromatic rings. The van der Waals surface area contributed by atoms with Crippen molar-refractivity contribution >= 4 is 17.5 Å². The SMILES string of the molecule is CNC(=O)CN1CCN(c2cc(N3CCOCC3)ncn2)CC1. The van der Waals surface area contributed by atoms with Crippen LogP contribution in [0.2, 0.25) is 0 Å². The van der Waals surface area contributed by atoms with E-state index in [1.54, 1.807) is 13.4 Å². The first-order chi connectivity index (χ1) is 11.3. The van der Waals surface area contributed by atoms with Crippen molar-refractivity contribution in [3.8, 4) is 0 Å². The largest absolute Gasteiger partial charge is 0.378 e. The Morgan fingerprint density at radius 1 is 1.09 bits per heavy atom. The zero-order valence-corrected chi connectivity index (χ0v) is 13.6. The fourth-order valence-electron chi connectivity index (χ4n) is 2.89. The van der Waals surface area contributed by atoms with Gasteiger partial charge < -0.3 is 19.9 Å². The molecule has 8 nitrogen and oxygen atoms in total. The van der Waals surface area contributed by atoms with Gasteiger partial charge in [0.05, 0.1) is 19.8 Å². The summed E-state index contributed by atoms with van der Waals surface area (Å²) in [5.74, 6) is 1.99. The zero-order valence-electron chi connectivity index (χ0n) is 13.6. The number of anilines is 2. The Balaban J connectivity index is 1.59. The Morgan fingerprint density at radius 3 is 2.30 bits per heavy atom. The average molecular weight is 320 g/mol. The molecule has 1 amide bonds. The lowest BCUT2D eigenvalue weighted by molar-refractivity contribution is -0.121. The first-order valence-corrected chi connectivity index (χ1v) is 8.09. The van der Waals surface area contributed by atoms with Gasteiger partial charge in [-0.15, -0.1) is 0 Å². The third kappa shape index (κ3) is 4.08. The second-order valence-electron chi connectivity index (χ2n) is 5.77. The highest BCUT2D eigenvalue weighted by atomic mass is 16.5. The van der Waals surface area contributed by atoms with Crippen molar-refractivity contribution in [1.82, 2.24) is 20.2 Å². The maximum absolute atomic E-state index is 11.4. The lowest BCUT2D eigenvalue weighted by Gasteiger charge is -2.35. The summed E-state index contributed by atoms with van der Waals surface area (Å²) in [6.45, 7) is 7.18. The van der Waals surface area contributed by atoms with Crippen molar-refractivity contribution in [2.24, 2.45) is 0 Å². The standard InChI is InChI=1S/C15H24N6O2/c1-16-15(22)11-19-2-4-20(5-3-19)13-10-14(18-12-17-13)21-6-8-23-9-7-21/h10,12H,2-9,11H2,1H3,(H,16,22). The number of carbonyl (C=O) groups is 1. The van der Waals surface area contributed by atoms with Gasteiger partial charge in [0, 0.05) is 52.4 Å². The van der Waals surface area contributed by atoms with Crippen LogP contribution in [-0.4, -0.2) is 86.8 Å². The summed E-state index contributed by atoms with van der Waals surface area (Å²) >= 11 is 0. The number of hydrogen-bond donors (Lipinski definition) is 1. The number of nitrogens with zero attached hydrogens (tertiary/aromatic N) is 5. The molecule has 3 heterocycles. The summed E-state index contributed by atoms with van der Waals surface area (Å²) < 4.78 is 5.39. The molecule has 0 aromatic carbocycles. The Bertz CT molecular complexity index is 526. The van der Waals surface area contributed by atoms with E-state index >= 15 is 0 Å². The molecular weight excluding hydrogens is 296 g/mol. The minimum Gasteiger partial charge on any atom is -0.378 e. The van der Waals surface area contributed by atoms with E-state index in [-0.39, 0.29) is 5.91 Å². The molecule has 0 radical (unpaired) electrons. The maximum Gasteiger partial charge on any atom is 0.233 e. The molecule has 2 fully saturated rings. The number of carbonyl (C=O) groups excluding carboxylic acids is 1. The van der Waals surface area contributed by atoms with Gasteiger partial charge in [-0.1, -0.05) is 0 Å². The molecular formula is C15H24N6O2. The molecule has 0 bridgehead atoms. The van der Waals surface area contributed by atoms with Crippen LogP contribution in [0.3, 0.4) is 0 Å². The van der Waals surface area contributed by atoms with E-state index in [1.807, 2.05) is 0 Å². The van der Waals surface area contributed by atoms with E-state index in [9.17, 15) is 4.79 Å². The number of nitrogens with one attached hydrogen (secondary N) is 1. The predicted octanol–water partition coefficient (Wildman–Crippen LogP) is -0.819. The van der Waals surface area contributed by atoms with Gasteiger partial charge in [-0.2, -0.15) is 0 Å². The summed E-state index contributed by atoms with van der Waals surface area (Å²) in [6.07, 6.45) is 1.64. The lowest BCUT2D eigenvalue weighted by Crippen LogP contribution is -2.49. The first-order valence-electron chi connectivity index (χ1n) is 8.09. The molecule has 1 aromatic heterocycles. The highest BCUT2D eigenvalue weighted by Crippen LogP contribution is 2.19. The third-order valence-electron chi connectivity index (χ3n) is 4.32. The van der Waals surface area contributed by atoms with E-state index in [0.717, 1.165) is 64.1 Å². The van der Waals surface area contributed by atoms with Crippen LogP contribution in [0.5, 0.6) is 0 Å². The number of morpholine rings is 1. The molecule has 0 spiro atoms. The third-order valence-corrected chi connectivity index (χ3v) is 4.32. The van der Waals surface area contributed by atoms with E-state index in [1.165, 1.54) is 0 Å². The molecule has 3 rings (SSSR count). The Morgan fingerprint density at radius 2 is 1.70 bits per heavy atom. The number of rotatable bonds is 4. The topological polar surface area (TPSA) is 73.8 Å². The van der Waals surface area contributed by atoms with Crippen molar-refractivity contribution in [3.05, 3.63) is 12.4 Å². The van der Waals surface area contributed by atoms with Crippen LogP contribution in [-0.2, 0) is 9.53 Å². The molecule has 126 valence electrons. The normalized spacial score (nSPS) is 19.7. The highest BCUT2D eigenvalue weighted by molar-refractivity contribution is 5.77. The second kappa shape index (κ2) is 7.56. The summed E-state index contributed by atoms with van der Waals surface area (Å²) in [5, 5.41) is 2.67. The van der Waals surface area contributed by atoms with Gasteiger partial charge in [0.1, 0.15) is 18.0 Å². The minimum absolute atomic E-state index is 0.0649. The van der Waals surface area contributed by atoms with Crippen molar-refractivity contribution in [1.29, 1.82) is 0 Å². The van der Waals surface area contributed by atoms with Gasteiger partial charge in [-0.3, -0.25) is 9.69 Å².